The second-order valence-electron chi connectivity index (χ2n) is 5.91. The second-order valence-corrected chi connectivity index (χ2v) is 8.06. The number of hydrogen-bond donors (Lipinski definition) is 1. The molecule has 0 bridgehead atoms. The number of carbonyl (C=O) groups excluding carboxylic acids is 1. The molecule has 0 aromatic heterocycles. The molecule has 1 amide bonds. The van der Waals surface area contributed by atoms with Crippen LogP contribution in [0.3, 0.4) is 0 Å². The number of halogens is 2. The molecule has 0 fully saturated rings. The van der Waals surface area contributed by atoms with Gasteiger partial charge in [-0.25, -0.2) is 21.5 Å². The summed E-state index contributed by atoms with van der Waals surface area (Å²) >= 11 is 0. The van der Waals surface area contributed by atoms with E-state index in [9.17, 15) is 22.0 Å². The summed E-state index contributed by atoms with van der Waals surface area (Å²) in [7, 11) is 0.604. The Hall–Kier alpha value is -2.52. The minimum absolute atomic E-state index is 0.0591. The zero-order valence-corrected chi connectivity index (χ0v) is 15.9. The Morgan fingerprint density at radius 3 is 2.33 bits per heavy atom. The van der Waals surface area contributed by atoms with E-state index in [0.29, 0.717) is 11.3 Å². The highest BCUT2D eigenvalue weighted by Crippen LogP contribution is 2.25. The number of benzene rings is 2. The number of anilines is 1. The van der Waals surface area contributed by atoms with Gasteiger partial charge in [-0.15, -0.1) is 0 Å². The maximum Gasteiger partial charge on any atom is 0.242 e. The number of rotatable bonds is 7. The molecule has 0 aliphatic rings. The maximum atomic E-state index is 13.6. The third kappa shape index (κ3) is 4.81. The highest BCUT2D eigenvalue weighted by Gasteiger charge is 2.19. The number of ether oxygens (including phenoxy) is 1. The molecule has 0 spiro atoms. The lowest BCUT2D eigenvalue weighted by Gasteiger charge is -2.14. The van der Waals surface area contributed by atoms with Crippen molar-refractivity contribution in [2.24, 2.45) is 0 Å². The van der Waals surface area contributed by atoms with E-state index in [2.05, 4.69) is 5.32 Å². The van der Waals surface area contributed by atoms with Crippen molar-refractivity contribution < 1.29 is 26.7 Å². The summed E-state index contributed by atoms with van der Waals surface area (Å²) < 4.78 is 58.0. The minimum Gasteiger partial charge on any atom is -0.496 e. The van der Waals surface area contributed by atoms with Gasteiger partial charge >= 0.3 is 0 Å². The van der Waals surface area contributed by atoms with Crippen LogP contribution in [-0.4, -0.2) is 39.8 Å². The average molecular weight is 398 g/mol. The van der Waals surface area contributed by atoms with Crippen LogP contribution in [0, 0.1) is 11.6 Å². The monoisotopic (exact) mass is 398 g/mol. The lowest BCUT2D eigenvalue weighted by Crippen LogP contribution is -2.22. The fraction of sp³-hybridized carbons (Fsp3) is 0.278. The number of para-hydroxylation sites is 1. The number of nitrogens with zero attached hydrogens (tertiary/aromatic N) is 1. The molecular weight excluding hydrogens is 378 g/mol. The zero-order chi connectivity index (χ0) is 20.2. The van der Waals surface area contributed by atoms with Crippen molar-refractivity contribution in [3.05, 3.63) is 53.6 Å². The molecule has 1 N–H and O–H groups in total. The predicted octanol–water partition coefficient (Wildman–Crippen LogP) is 2.80. The van der Waals surface area contributed by atoms with Gasteiger partial charge in [-0.1, -0.05) is 6.07 Å². The van der Waals surface area contributed by atoms with Gasteiger partial charge in [0.2, 0.25) is 15.9 Å². The molecule has 0 saturated carbocycles. The van der Waals surface area contributed by atoms with Crippen LogP contribution in [0.15, 0.2) is 41.3 Å². The van der Waals surface area contributed by atoms with E-state index < -0.39 is 33.3 Å². The molecule has 27 heavy (non-hydrogen) atoms. The van der Waals surface area contributed by atoms with Crippen molar-refractivity contribution in [3.8, 4) is 5.75 Å². The Morgan fingerprint density at radius 2 is 1.78 bits per heavy atom. The van der Waals surface area contributed by atoms with Crippen molar-refractivity contribution in [2.75, 3.05) is 26.5 Å². The van der Waals surface area contributed by atoms with Gasteiger partial charge in [-0.2, -0.15) is 0 Å². The van der Waals surface area contributed by atoms with Crippen LogP contribution in [0.1, 0.15) is 12.0 Å². The summed E-state index contributed by atoms with van der Waals surface area (Å²) in [5, 5.41) is 2.19. The number of amides is 1. The minimum atomic E-state index is -3.64. The van der Waals surface area contributed by atoms with Gasteiger partial charge in [0.25, 0.3) is 0 Å². The lowest BCUT2D eigenvalue weighted by molar-refractivity contribution is -0.116. The number of nitrogens with one attached hydrogen (secondary N) is 1. The van der Waals surface area contributed by atoms with Crippen molar-refractivity contribution in [2.45, 2.75) is 17.7 Å². The molecule has 2 rings (SSSR count). The van der Waals surface area contributed by atoms with E-state index in [4.69, 9.17) is 4.74 Å². The second kappa shape index (κ2) is 8.45. The van der Waals surface area contributed by atoms with Gasteiger partial charge in [0.1, 0.15) is 23.1 Å². The molecule has 0 aliphatic heterocycles. The molecular formula is C18H20F2N2O4S. The highest BCUT2D eigenvalue weighted by atomic mass is 32.2. The normalized spacial score (nSPS) is 11.5. The Balaban J connectivity index is 2.18. The zero-order valence-electron chi connectivity index (χ0n) is 15.1. The lowest BCUT2D eigenvalue weighted by atomic mass is 10.1. The van der Waals surface area contributed by atoms with Crippen LogP contribution in [0.25, 0.3) is 0 Å². The van der Waals surface area contributed by atoms with Crippen LogP contribution in [-0.2, 0) is 21.2 Å². The molecule has 0 aliphatic carbocycles. The molecule has 0 radical (unpaired) electrons. The van der Waals surface area contributed by atoms with Gasteiger partial charge in [0, 0.05) is 20.5 Å². The Bertz CT molecular complexity index is 926. The Morgan fingerprint density at radius 1 is 1.15 bits per heavy atom. The van der Waals surface area contributed by atoms with E-state index >= 15 is 0 Å². The van der Waals surface area contributed by atoms with E-state index in [1.807, 2.05) is 0 Å². The van der Waals surface area contributed by atoms with Gasteiger partial charge in [0.15, 0.2) is 0 Å². The fourth-order valence-electron chi connectivity index (χ4n) is 2.39. The molecule has 146 valence electrons. The summed E-state index contributed by atoms with van der Waals surface area (Å²) in [6, 6.07) is 7.61. The average Bonchev–Trinajstić information content (AvgIpc) is 2.62. The maximum absolute atomic E-state index is 13.6. The summed E-state index contributed by atoms with van der Waals surface area (Å²) in [5.41, 5.74) is -0.0250. The topological polar surface area (TPSA) is 75.7 Å². The third-order valence-electron chi connectivity index (χ3n) is 3.88. The van der Waals surface area contributed by atoms with Gasteiger partial charge in [-0.3, -0.25) is 4.79 Å². The van der Waals surface area contributed by atoms with Crippen molar-refractivity contribution in [3.63, 3.8) is 0 Å². The molecule has 0 heterocycles. The standard InChI is InChI=1S/C18H20F2N2O4S/c1-22(2)27(24,25)13-8-9-16(26-3)12(11-13)7-10-17(23)21-18-14(19)5-4-6-15(18)20/h4-6,8-9,11H,7,10H2,1-3H3,(H,21,23). The van der Waals surface area contributed by atoms with Gasteiger partial charge in [0.05, 0.1) is 12.0 Å². The smallest absolute Gasteiger partial charge is 0.242 e. The third-order valence-corrected chi connectivity index (χ3v) is 5.69. The van der Waals surface area contributed by atoms with Crippen molar-refractivity contribution in [1.29, 1.82) is 0 Å². The number of methoxy groups -OCH3 is 1. The number of hydrogen-bond acceptors (Lipinski definition) is 4. The first-order chi connectivity index (χ1) is 12.7. The molecule has 0 unspecified atom stereocenters. The van der Waals surface area contributed by atoms with E-state index in [1.54, 1.807) is 0 Å². The first-order valence-electron chi connectivity index (χ1n) is 8.00. The van der Waals surface area contributed by atoms with E-state index in [1.165, 1.54) is 45.5 Å². The molecule has 2 aromatic rings. The number of carbonyl (C=O) groups is 1. The predicted molar refractivity (Wildman–Crippen MR) is 97.2 cm³/mol. The first kappa shape index (κ1) is 20.8. The number of sulfonamides is 1. The van der Waals surface area contributed by atoms with Crippen LogP contribution in [0.5, 0.6) is 5.75 Å². The largest absolute Gasteiger partial charge is 0.496 e. The molecule has 0 saturated heterocycles. The SMILES string of the molecule is COc1ccc(S(=O)(=O)N(C)C)cc1CCC(=O)Nc1c(F)cccc1F. The van der Waals surface area contributed by atoms with Gasteiger partial charge < -0.3 is 10.1 Å². The summed E-state index contributed by atoms with van der Waals surface area (Å²) in [6.45, 7) is 0. The highest BCUT2D eigenvalue weighted by molar-refractivity contribution is 7.89. The van der Waals surface area contributed by atoms with Crippen LogP contribution in [0.2, 0.25) is 0 Å². The van der Waals surface area contributed by atoms with E-state index in [-0.39, 0.29) is 17.7 Å². The van der Waals surface area contributed by atoms with Gasteiger partial charge in [-0.05, 0) is 42.3 Å². The fourth-order valence-corrected chi connectivity index (χ4v) is 3.34. The Labute approximate surface area is 156 Å². The van der Waals surface area contributed by atoms with Crippen LogP contribution in [0.4, 0.5) is 14.5 Å². The van der Waals surface area contributed by atoms with Crippen LogP contribution < -0.4 is 10.1 Å². The molecule has 6 nitrogen and oxygen atoms in total. The molecule has 9 heteroatoms. The van der Waals surface area contributed by atoms with E-state index in [0.717, 1.165) is 16.4 Å². The summed E-state index contributed by atoms with van der Waals surface area (Å²) in [6.07, 6.45) is 0.0114. The Kier molecular flexibility index (Phi) is 6.50. The van der Waals surface area contributed by atoms with Crippen molar-refractivity contribution >= 4 is 21.6 Å². The first-order valence-corrected chi connectivity index (χ1v) is 9.44. The molecule has 0 atom stereocenters. The van der Waals surface area contributed by atoms with Crippen LogP contribution >= 0.6 is 0 Å². The molecule has 2 aromatic carbocycles. The van der Waals surface area contributed by atoms with Crippen molar-refractivity contribution in [1.82, 2.24) is 4.31 Å². The quantitative estimate of drug-likeness (QED) is 0.778. The summed E-state index contributed by atoms with van der Waals surface area (Å²) in [4.78, 5) is 12.1. The number of aryl methyl sites for hydroxylation is 1. The summed E-state index contributed by atoms with van der Waals surface area (Å²) in [5.74, 6) is -1.94.